The lowest BCUT2D eigenvalue weighted by Gasteiger charge is -2.26. The number of amides is 1. The minimum Gasteiger partial charge on any atom is -0.483 e. The van der Waals surface area contributed by atoms with Gasteiger partial charge in [-0.3, -0.25) is 4.79 Å². The van der Waals surface area contributed by atoms with Crippen LogP contribution in [0.4, 0.5) is 4.39 Å². The fraction of sp³-hybridized carbons (Fsp3) is 0.435. The molecule has 5 heteroatoms. The second-order valence-electron chi connectivity index (χ2n) is 7.52. The van der Waals surface area contributed by atoms with Gasteiger partial charge in [-0.2, -0.15) is 0 Å². The molecule has 0 spiro atoms. The Morgan fingerprint density at radius 2 is 1.93 bits per heavy atom. The average molecular weight is 385 g/mol. The molecule has 1 aliphatic rings. The molecule has 1 aliphatic heterocycles. The normalized spacial score (nSPS) is 16.2. The highest BCUT2D eigenvalue weighted by atomic mass is 19.1. The van der Waals surface area contributed by atoms with Crippen molar-refractivity contribution >= 4 is 5.91 Å². The Morgan fingerprint density at radius 3 is 2.57 bits per heavy atom. The highest BCUT2D eigenvalue weighted by Crippen LogP contribution is 2.25. The van der Waals surface area contributed by atoms with E-state index in [1.165, 1.54) is 6.07 Å². The summed E-state index contributed by atoms with van der Waals surface area (Å²) in [5.41, 5.74) is 3.67. The average Bonchev–Trinajstić information content (AvgIpc) is 3.15. The molecular weight excluding hydrogens is 357 g/mol. The lowest BCUT2D eigenvalue weighted by Crippen LogP contribution is -2.39. The van der Waals surface area contributed by atoms with Gasteiger partial charge in [0.2, 0.25) is 0 Å². The third-order valence-electron chi connectivity index (χ3n) is 5.06. The molecule has 2 aromatic carbocycles. The molecule has 1 fully saturated rings. The maximum Gasteiger partial charge on any atom is 0.260 e. The molecule has 1 heterocycles. The molecule has 1 saturated heterocycles. The number of halogens is 1. The first kappa shape index (κ1) is 20.3. The summed E-state index contributed by atoms with van der Waals surface area (Å²) < 4.78 is 25.7. The van der Waals surface area contributed by atoms with Crippen molar-refractivity contribution in [3.63, 3.8) is 0 Å². The second kappa shape index (κ2) is 9.20. The van der Waals surface area contributed by atoms with Crippen LogP contribution in [0.2, 0.25) is 0 Å². The lowest BCUT2D eigenvalue weighted by atomic mass is 10.1. The molecule has 4 nitrogen and oxygen atoms in total. The molecule has 0 bridgehead atoms. The highest BCUT2D eigenvalue weighted by molar-refractivity contribution is 5.78. The number of ether oxygens (including phenoxy) is 2. The summed E-state index contributed by atoms with van der Waals surface area (Å²) in [6.45, 7) is 7.28. The van der Waals surface area contributed by atoms with E-state index in [-0.39, 0.29) is 31.0 Å². The molecule has 1 unspecified atom stereocenters. The monoisotopic (exact) mass is 385 g/mol. The zero-order valence-corrected chi connectivity index (χ0v) is 16.8. The summed E-state index contributed by atoms with van der Waals surface area (Å²) in [5, 5.41) is 0. The zero-order valence-electron chi connectivity index (χ0n) is 16.8. The Kier molecular flexibility index (Phi) is 6.68. The fourth-order valence-electron chi connectivity index (χ4n) is 3.74. The van der Waals surface area contributed by atoms with E-state index in [0.717, 1.165) is 35.3 Å². The number of carbonyl (C=O) groups excluding carboxylic acids is 1. The van der Waals surface area contributed by atoms with Gasteiger partial charge in [-0.05, 0) is 50.8 Å². The van der Waals surface area contributed by atoms with Crippen LogP contribution in [-0.4, -0.2) is 36.7 Å². The first-order valence-electron chi connectivity index (χ1n) is 9.77. The van der Waals surface area contributed by atoms with Crippen molar-refractivity contribution in [1.29, 1.82) is 0 Å². The smallest absolute Gasteiger partial charge is 0.260 e. The van der Waals surface area contributed by atoms with Gasteiger partial charge < -0.3 is 14.4 Å². The van der Waals surface area contributed by atoms with Gasteiger partial charge in [-0.1, -0.05) is 35.9 Å². The quantitative estimate of drug-likeness (QED) is 0.712. The molecule has 0 aromatic heterocycles. The molecule has 0 saturated carbocycles. The summed E-state index contributed by atoms with van der Waals surface area (Å²) >= 11 is 0. The lowest BCUT2D eigenvalue weighted by molar-refractivity contribution is -0.135. The second-order valence-corrected chi connectivity index (χ2v) is 7.52. The summed E-state index contributed by atoms with van der Waals surface area (Å²) in [6.07, 6.45) is 1.90. The maximum atomic E-state index is 14.1. The summed E-state index contributed by atoms with van der Waals surface area (Å²) in [5.74, 6) is 0.263. The highest BCUT2D eigenvalue weighted by Gasteiger charge is 2.24. The number of benzene rings is 2. The van der Waals surface area contributed by atoms with Crippen LogP contribution in [0, 0.1) is 26.6 Å². The number of nitrogens with zero attached hydrogens (tertiary/aromatic N) is 1. The summed E-state index contributed by atoms with van der Waals surface area (Å²) in [7, 11) is 0. The Bertz CT molecular complexity index is 807. The van der Waals surface area contributed by atoms with Gasteiger partial charge in [0.1, 0.15) is 11.6 Å². The van der Waals surface area contributed by atoms with Crippen LogP contribution in [0.5, 0.6) is 5.75 Å². The molecule has 28 heavy (non-hydrogen) atoms. The molecular formula is C23H28FNO3. The van der Waals surface area contributed by atoms with E-state index in [1.54, 1.807) is 23.1 Å². The number of carbonyl (C=O) groups is 1. The third kappa shape index (κ3) is 5.10. The topological polar surface area (TPSA) is 38.8 Å². The van der Waals surface area contributed by atoms with Crippen molar-refractivity contribution in [2.45, 2.75) is 46.3 Å². The predicted molar refractivity (Wildman–Crippen MR) is 107 cm³/mol. The van der Waals surface area contributed by atoms with Crippen LogP contribution in [0.3, 0.4) is 0 Å². The van der Waals surface area contributed by atoms with E-state index in [0.29, 0.717) is 18.7 Å². The molecule has 0 aliphatic carbocycles. The standard InChI is InChI=1S/C23H28FNO3/c1-16-11-17(2)23(18(3)12-16)28-15-22(26)25(14-20-8-6-10-27-20)13-19-7-4-5-9-21(19)24/h4-5,7,9,11-12,20H,6,8,10,13-15H2,1-3H3. The summed E-state index contributed by atoms with van der Waals surface area (Å²) in [6, 6.07) is 10.6. The summed E-state index contributed by atoms with van der Waals surface area (Å²) in [4.78, 5) is 14.6. The Hall–Kier alpha value is -2.40. The third-order valence-corrected chi connectivity index (χ3v) is 5.06. The van der Waals surface area contributed by atoms with E-state index in [2.05, 4.69) is 0 Å². The van der Waals surface area contributed by atoms with Crippen LogP contribution >= 0.6 is 0 Å². The van der Waals surface area contributed by atoms with E-state index in [1.807, 2.05) is 32.9 Å². The SMILES string of the molecule is Cc1cc(C)c(OCC(=O)N(Cc2ccccc2F)CC2CCCO2)c(C)c1. The van der Waals surface area contributed by atoms with E-state index in [4.69, 9.17) is 9.47 Å². The van der Waals surface area contributed by atoms with Crippen LogP contribution in [-0.2, 0) is 16.1 Å². The van der Waals surface area contributed by atoms with Crippen molar-refractivity contribution in [2.75, 3.05) is 19.8 Å². The number of rotatable bonds is 7. The molecule has 1 atom stereocenters. The molecule has 0 N–H and O–H groups in total. The number of aryl methyl sites for hydroxylation is 3. The van der Waals surface area contributed by atoms with Crippen LogP contribution in [0.25, 0.3) is 0 Å². The molecule has 2 aromatic rings. The first-order valence-corrected chi connectivity index (χ1v) is 9.77. The Morgan fingerprint density at radius 1 is 1.21 bits per heavy atom. The number of hydrogen-bond donors (Lipinski definition) is 0. The fourth-order valence-corrected chi connectivity index (χ4v) is 3.74. The van der Waals surface area contributed by atoms with Gasteiger partial charge in [0.05, 0.1) is 6.10 Å². The van der Waals surface area contributed by atoms with Crippen molar-refractivity contribution in [1.82, 2.24) is 4.90 Å². The van der Waals surface area contributed by atoms with Crippen molar-refractivity contribution < 1.29 is 18.7 Å². The minimum atomic E-state index is -0.307. The molecule has 1 amide bonds. The van der Waals surface area contributed by atoms with Crippen molar-refractivity contribution in [3.8, 4) is 5.75 Å². The maximum absolute atomic E-state index is 14.1. The molecule has 150 valence electrons. The van der Waals surface area contributed by atoms with Gasteiger partial charge in [0.25, 0.3) is 5.91 Å². The van der Waals surface area contributed by atoms with E-state index < -0.39 is 0 Å². The Balaban J connectivity index is 1.71. The Labute approximate surface area is 166 Å². The molecule has 0 radical (unpaired) electrons. The van der Waals surface area contributed by atoms with Crippen molar-refractivity contribution in [2.24, 2.45) is 0 Å². The van der Waals surface area contributed by atoms with Crippen molar-refractivity contribution in [3.05, 3.63) is 64.5 Å². The van der Waals surface area contributed by atoms with Crippen LogP contribution in [0.1, 0.15) is 35.1 Å². The van der Waals surface area contributed by atoms with Gasteiger partial charge in [-0.15, -0.1) is 0 Å². The zero-order chi connectivity index (χ0) is 20.1. The van der Waals surface area contributed by atoms with E-state index in [9.17, 15) is 9.18 Å². The van der Waals surface area contributed by atoms with Gasteiger partial charge in [0, 0.05) is 25.3 Å². The van der Waals surface area contributed by atoms with E-state index >= 15 is 0 Å². The van der Waals surface area contributed by atoms with Crippen LogP contribution in [0.15, 0.2) is 36.4 Å². The molecule has 3 rings (SSSR count). The predicted octanol–water partition coefficient (Wildman–Crippen LogP) is 4.34. The van der Waals surface area contributed by atoms with Crippen LogP contribution < -0.4 is 4.74 Å². The van der Waals surface area contributed by atoms with Gasteiger partial charge >= 0.3 is 0 Å². The minimum absolute atomic E-state index is 0.00132. The van der Waals surface area contributed by atoms with Gasteiger partial charge in [0.15, 0.2) is 6.61 Å². The largest absolute Gasteiger partial charge is 0.483 e. The number of hydrogen-bond acceptors (Lipinski definition) is 3. The van der Waals surface area contributed by atoms with Gasteiger partial charge in [-0.25, -0.2) is 4.39 Å². The first-order chi connectivity index (χ1) is 13.4.